The Morgan fingerprint density at radius 1 is 1.26 bits per heavy atom. The molecule has 27 heavy (non-hydrogen) atoms. The van der Waals surface area contributed by atoms with E-state index in [2.05, 4.69) is 5.32 Å². The number of carbonyl (C=O) groups excluding carboxylic acids is 3. The number of thioether (sulfide) groups is 1. The van der Waals surface area contributed by atoms with Crippen LogP contribution in [-0.2, 0) is 9.59 Å². The Morgan fingerprint density at radius 3 is 2.70 bits per heavy atom. The molecule has 6 nitrogen and oxygen atoms in total. The molecule has 2 aromatic rings. The molecule has 0 unspecified atom stereocenters. The lowest BCUT2D eigenvalue weighted by molar-refractivity contribution is -0.127. The Labute approximate surface area is 158 Å². The lowest BCUT2D eigenvalue weighted by Crippen LogP contribution is -2.36. The number of rotatable bonds is 4. The summed E-state index contributed by atoms with van der Waals surface area (Å²) in [5, 5.41) is 11.4. The number of halogens is 1. The minimum absolute atomic E-state index is 0.0544. The zero-order valence-corrected chi connectivity index (χ0v) is 15.0. The van der Waals surface area contributed by atoms with Gasteiger partial charge in [0.1, 0.15) is 18.1 Å². The first-order valence-electron chi connectivity index (χ1n) is 7.94. The van der Waals surface area contributed by atoms with Gasteiger partial charge in [-0.3, -0.25) is 19.3 Å². The molecule has 3 amide bonds. The molecule has 0 saturated carbocycles. The second kappa shape index (κ2) is 7.63. The van der Waals surface area contributed by atoms with Gasteiger partial charge >= 0.3 is 0 Å². The summed E-state index contributed by atoms with van der Waals surface area (Å²) in [6, 6.07) is 10.3. The van der Waals surface area contributed by atoms with Crippen molar-refractivity contribution in [2.75, 3.05) is 11.9 Å². The normalized spacial score (nSPS) is 15.5. The maximum absolute atomic E-state index is 13.7. The van der Waals surface area contributed by atoms with Crippen LogP contribution in [-0.4, -0.2) is 33.6 Å². The number of nitrogens with one attached hydrogen (secondary N) is 1. The molecule has 0 spiro atoms. The number of imide groups is 1. The minimum Gasteiger partial charge on any atom is -0.508 e. The van der Waals surface area contributed by atoms with E-state index in [4.69, 9.17) is 0 Å². The van der Waals surface area contributed by atoms with Gasteiger partial charge in [-0.05, 0) is 54.6 Å². The van der Waals surface area contributed by atoms with Crippen LogP contribution in [0, 0.1) is 12.7 Å². The number of nitrogens with zero attached hydrogens (tertiary/aromatic N) is 1. The summed E-state index contributed by atoms with van der Waals surface area (Å²) in [6.07, 6.45) is 1.29. The number of phenolic OH excluding ortho intramolecular Hbond substituents is 1. The van der Waals surface area contributed by atoms with Gasteiger partial charge in [-0.25, -0.2) is 4.39 Å². The lowest BCUT2D eigenvalue weighted by Gasteiger charge is -2.13. The second-order valence-electron chi connectivity index (χ2n) is 5.84. The predicted octanol–water partition coefficient (Wildman–Crippen LogP) is 3.51. The minimum atomic E-state index is -0.647. The van der Waals surface area contributed by atoms with Crippen molar-refractivity contribution in [3.05, 3.63) is 64.3 Å². The molecule has 138 valence electrons. The molecule has 1 aliphatic heterocycles. The van der Waals surface area contributed by atoms with Gasteiger partial charge in [-0.2, -0.15) is 0 Å². The number of amides is 3. The molecule has 2 N–H and O–H groups in total. The van der Waals surface area contributed by atoms with Crippen LogP contribution in [0.1, 0.15) is 11.1 Å². The standard InChI is InChI=1S/C19H15FN2O4S/c1-11-8-13(23)6-7-15(11)21-17(24)10-22-18(25)16(27-19(22)26)9-12-4-2-3-5-14(12)20/h2-9,23H,10H2,1H3,(H,21,24)/b16-9-. The van der Waals surface area contributed by atoms with Crippen molar-refractivity contribution >= 4 is 40.6 Å². The molecule has 0 aromatic heterocycles. The molecule has 8 heteroatoms. The van der Waals surface area contributed by atoms with Gasteiger partial charge in [0.05, 0.1) is 4.91 Å². The predicted molar refractivity (Wildman–Crippen MR) is 101 cm³/mol. The first kappa shape index (κ1) is 18.7. The SMILES string of the molecule is Cc1cc(O)ccc1NC(=O)CN1C(=O)S/C(=C\c2ccccc2F)C1=O. The summed E-state index contributed by atoms with van der Waals surface area (Å²) in [7, 11) is 0. The fraction of sp³-hybridized carbons (Fsp3) is 0.105. The molecule has 0 bridgehead atoms. The summed E-state index contributed by atoms with van der Waals surface area (Å²) < 4.78 is 13.7. The molecule has 1 aliphatic rings. The van der Waals surface area contributed by atoms with Crippen LogP contribution in [0.15, 0.2) is 47.4 Å². The summed E-state index contributed by atoms with van der Waals surface area (Å²) in [4.78, 5) is 37.6. The van der Waals surface area contributed by atoms with Gasteiger partial charge in [0, 0.05) is 11.3 Å². The van der Waals surface area contributed by atoms with Crippen molar-refractivity contribution in [2.45, 2.75) is 6.92 Å². The monoisotopic (exact) mass is 386 g/mol. The molecule has 1 fully saturated rings. The number of aryl methyl sites for hydroxylation is 1. The highest BCUT2D eigenvalue weighted by Crippen LogP contribution is 2.32. The van der Waals surface area contributed by atoms with Crippen molar-refractivity contribution in [3.8, 4) is 5.75 Å². The Morgan fingerprint density at radius 2 is 2.00 bits per heavy atom. The van der Waals surface area contributed by atoms with Gasteiger partial charge in [0.2, 0.25) is 5.91 Å². The van der Waals surface area contributed by atoms with Crippen LogP contribution in [0.2, 0.25) is 0 Å². The summed E-state index contributed by atoms with van der Waals surface area (Å²) in [5.74, 6) is -1.65. The maximum atomic E-state index is 13.7. The van der Waals surface area contributed by atoms with Crippen molar-refractivity contribution in [1.29, 1.82) is 0 Å². The van der Waals surface area contributed by atoms with E-state index in [1.54, 1.807) is 13.0 Å². The van der Waals surface area contributed by atoms with E-state index in [-0.39, 0.29) is 16.2 Å². The van der Waals surface area contributed by atoms with Crippen LogP contribution in [0.4, 0.5) is 14.9 Å². The molecule has 0 radical (unpaired) electrons. The highest BCUT2D eigenvalue weighted by Gasteiger charge is 2.36. The van der Waals surface area contributed by atoms with E-state index in [9.17, 15) is 23.9 Å². The largest absolute Gasteiger partial charge is 0.508 e. The van der Waals surface area contributed by atoms with E-state index < -0.39 is 29.4 Å². The van der Waals surface area contributed by atoms with Crippen molar-refractivity contribution in [3.63, 3.8) is 0 Å². The van der Waals surface area contributed by atoms with Crippen LogP contribution in [0.25, 0.3) is 6.08 Å². The Balaban J connectivity index is 1.72. The number of aromatic hydroxyl groups is 1. The lowest BCUT2D eigenvalue weighted by atomic mass is 10.2. The number of hydrogen-bond acceptors (Lipinski definition) is 5. The van der Waals surface area contributed by atoms with Gasteiger partial charge in [-0.15, -0.1) is 0 Å². The van der Waals surface area contributed by atoms with E-state index >= 15 is 0 Å². The Kier molecular flexibility index (Phi) is 5.27. The van der Waals surface area contributed by atoms with Gasteiger partial charge in [-0.1, -0.05) is 18.2 Å². The molecule has 1 saturated heterocycles. The quantitative estimate of drug-likeness (QED) is 0.620. The summed E-state index contributed by atoms with van der Waals surface area (Å²) in [6.45, 7) is 1.24. The second-order valence-corrected chi connectivity index (χ2v) is 6.83. The third-order valence-electron chi connectivity index (χ3n) is 3.85. The zero-order chi connectivity index (χ0) is 19.6. The number of phenols is 1. The zero-order valence-electron chi connectivity index (χ0n) is 14.2. The first-order chi connectivity index (χ1) is 12.8. The van der Waals surface area contributed by atoms with E-state index in [0.717, 1.165) is 4.90 Å². The smallest absolute Gasteiger partial charge is 0.294 e. The number of anilines is 1. The highest BCUT2D eigenvalue weighted by atomic mass is 32.2. The van der Waals surface area contributed by atoms with Crippen LogP contribution >= 0.6 is 11.8 Å². The van der Waals surface area contributed by atoms with Crippen molar-refractivity contribution in [1.82, 2.24) is 4.90 Å². The summed E-state index contributed by atoms with van der Waals surface area (Å²) >= 11 is 0.658. The highest BCUT2D eigenvalue weighted by molar-refractivity contribution is 8.18. The Bertz CT molecular complexity index is 974. The van der Waals surface area contributed by atoms with Gasteiger partial charge in [0.15, 0.2) is 0 Å². The van der Waals surface area contributed by atoms with Crippen LogP contribution < -0.4 is 5.32 Å². The van der Waals surface area contributed by atoms with E-state index in [1.807, 2.05) is 0 Å². The van der Waals surface area contributed by atoms with Crippen LogP contribution in [0.3, 0.4) is 0 Å². The fourth-order valence-corrected chi connectivity index (χ4v) is 3.32. The molecular formula is C19H15FN2O4S. The molecule has 3 rings (SSSR count). The molecule has 1 heterocycles. The third kappa shape index (κ3) is 4.17. The van der Waals surface area contributed by atoms with Gasteiger partial charge in [0.25, 0.3) is 11.1 Å². The number of carbonyl (C=O) groups is 3. The van der Waals surface area contributed by atoms with E-state index in [0.29, 0.717) is 23.0 Å². The molecule has 2 aromatic carbocycles. The topological polar surface area (TPSA) is 86.7 Å². The van der Waals surface area contributed by atoms with Gasteiger partial charge < -0.3 is 10.4 Å². The average molecular weight is 386 g/mol. The summed E-state index contributed by atoms with van der Waals surface area (Å²) in [5.41, 5.74) is 1.29. The molecular weight excluding hydrogens is 371 g/mol. The third-order valence-corrected chi connectivity index (χ3v) is 4.76. The Hall–Kier alpha value is -3.13. The van der Waals surface area contributed by atoms with Crippen molar-refractivity contribution < 1.29 is 23.9 Å². The number of hydrogen-bond donors (Lipinski definition) is 2. The van der Waals surface area contributed by atoms with E-state index in [1.165, 1.54) is 42.5 Å². The average Bonchev–Trinajstić information content (AvgIpc) is 2.87. The van der Waals surface area contributed by atoms with Crippen molar-refractivity contribution in [2.24, 2.45) is 0 Å². The first-order valence-corrected chi connectivity index (χ1v) is 8.76. The maximum Gasteiger partial charge on any atom is 0.294 e. The fourth-order valence-electron chi connectivity index (χ4n) is 2.49. The number of benzene rings is 2. The molecule has 0 aliphatic carbocycles. The molecule has 0 atom stereocenters. The van der Waals surface area contributed by atoms with Crippen LogP contribution in [0.5, 0.6) is 5.75 Å².